The minimum atomic E-state index is -4.48. The summed E-state index contributed by atoms with van der Waals surface area (Å²) in [6.45, 7) is 0.466. The predicted molar refractivity (Wildman–Crippen MR) is 75.7 cm³/mol. The first-order valence-corrected chi connectivity index (χ1v) is 6.62. The second-order valence-corrected chi connectivity index (χ2v) is 4.81. The van der Waals surface area contributed by atoms with E-state index in [0.717, 1.165) is 11.6 Å². The third-order valence-electron chi connectivity index (χ3n) is 2.84. The molecule has 0 aliphatic rings. The van der Waals surface area contributed by atoms with Gasteiger partial charge in [-0.3, -0.25) is 0 Å². The maximum Gasteiger partial charge on any atom is 0.419 e. The van der Waals surface area contributed by atoms with E-state index >= 15 is 0 Å². The number of benzene rings is 2. The Bertz CT molecular complexity index is 629. The van der Waals surface area contributed by atoms with Crippen LogP contribution in [-0.2, 0) is 12.6 Å². The van der Waals surface area contributed by atoms with Crippen molar-refractivity contribution in [1.29, 1.82) is 0 Å². The largest absolute Gasteiger partial charge is 0.455 e. The lowest BCUT2D eigenvalue weighted by Crippen LogP contribution is -2.07. The van der Waals surface area contributed by atoms with E-state index in [-0.39, 0.29) is 16.5 Å². The Morgan fingerprint density at radius 2 is 1.76 bits per heavy atom. The summed E-state index contributed by atoms with van der Waals surface area (Å²) >= 11 is 6.03. The highest BCUT2D eigenvalue weighted by Crippen LogP contribution is 2.39. The van der Waals surface area contributed by atoms with Crippen LogP contribution in [-0.4, -0.2) is 6.54 Å². The summed E-state index contributed by atoms with van der Waals surface area (Å²) in [7, 11) is 0. The van der Waals surface area contributed by atoms with Crippen LogP contribution < -0.4 is 10.5 Å². The normalized spacial score (nSPS) is 11.5. The van der Waals surface area contributed by atoms with Gasteiger partial charge in [0.2, 0.25) is 0 Å². The maximum absolute atomic E-state index is 12.9. The fourth-order valence-electron chi connectivity index (χ4n) is 1.86. The highest BCUT2D eigenvalue weighted by Gasteiger charge is 2.34. The predicted octanol–water partition coefficient (Wildman–Crippen LogP) is 4.65. The van der Waals surface area contributed by atoms with Crippen molar-refractivity contribution >= 4 is 11.6 Å². The Kier molecular flexibility index (Phi) is 4.75. The van der Waals surface area contributed by atoms with Gasteiger partial charge in [0.05, 0.1) is 10.6 Å². The van der Waals surface area contributed by atoms with E-state index < -0.39 is 11.7 Å². The summed E-state index contributed by atoms with van der Waals surface area (Å²) in [6.07, 6.45) is -3.85. The molecule has 0 fully saturated rings. The third kappa shape index (κ3) is 3.89. The molecule has 0 radical (unpaired) electrons. The van der Waals surface area contributed by atoms with E-state index in [2.05, 4.69) is 0 Å². The molecule has 0 bridgehead atoms. The van der Waals surface area contributed by atoms with E-state index in [9.17, 15) is 13.2 Å². The molecule has 0 aliphatic heterocycles. The zero-order valence-corrected chi connectivity index (χ0v) is 11.7. The van der Waals surface area contributed by atoms with Crippen LogP contribution >= 0.6 is 11.6 Å². The third-order valence-corrected chi connectivity index (χ3v) is 3.14. The first-order valence-electron chi connectivity index (χ1n) is 6.24. The van der Waals surface area contributed by atoms with Gasteiger partial charge in [0.15, 0.2) is 0 Å². The van der Waals surface area contributed by atoms with Gasteiger partial charge in [0.1, 0.15) is 11.5 Å². The zero-order chi connectivity index (χ0) is 15.5. The topological polar surface area (TPSA) is 35.2 Å². The molecule has 0 unspecified atom stereocenters. The lowest BCUT2D eigenvalue weighted by molar-refractivity contribution is -0.138. The lowest BCUT2D eigenvalue weighted by atomic mass is 10.1. The van der Waals surface area contributed by atoms with Gasteiger partial charge in [-0.15, -0.1) is 0 Å². The summed E-state index contributed by atoms with van der Waals surface area (Å²) in [6, 6.07) is 9.91. The summed E-state index contributed by atoms with van der Waals surface area (Å²) in [5.74, 6) is -0.104. The van der Waals surface area contributed by atoms with Gasteiger partial charge in [-0.2, -0.15) is 13.2 Å². The van der Waals surface area contributed by atoms with Gasteiger partial charge in [0.25, 0.3) is 0 Å². The first kappa shape index (κ1) is 15.7. The van der Waals surface area contributed by atoms with Crippen molar-refractivity contribution in [3.05, 3.63) is 58.6 Å². The molecule has 0 saturated heterocycles. The van der Waals surface area contributed by atoms with Gasteiger partial charge < -0.3 is 10.5 Å². The average Bonchev–Trinajstić information content (AvgIpc) is 2.42. The molecule has 112 valence electrons. The molecule has 2 N–H and O–H groups in total. The molecular formula is C15H13ClF3NO. The van der Waals surface area contributed by atoms with Crippen molar-refractivity contribution in [2.45, 2.75) is 12.6 Å². The van der Waals surface area contributed by atoms with E-state index in [1.54, 1.807) is 18.2 Å². The number of ether oxygens (including phenoxy) is 1. The molecule has 0 atom stereocenters. The Morgan fingerprint density at radius 3 is 2.38 bits per heavy atom. The van der Waals surface area contributed by atoms with Gasteiger partial charge in [-0.1, -0.05) is 29.8 Å². The summed E-state index contributed by atoms with van der Waals surface area (Å²) in [4.78, 5) is 0. The smallest absolute Gasteiger partial charge is 0.419 e. The van der Waals surface area contributed by atoms with E-state index in [1.165, 1.54) is 18.2 Å². The molecule has 2 nitrogen and oxygen atoms in total. The van der Waals surface area contributed by atoms with Crippen molar-refractivity contribution in [1.82, 2.24) is 0 Å². The van der Waals surface area contributed by atoms with Gasteiger partial charge >= 0.3 is 6.18 Å². The van der Waals surface area contributed by atoms with Crippen molar-refractivity contribution in [2.24, 2.45) is 5.73 Å². The molecule has 2 aromatic carbocycles. The standard InChI is InChI=1S/C15H13ClF3NO/c16-12-9-10(7-8-20)5-6-14(12)21-13-4-2-1-3-11(13)15(17,18)19/h1-6,9H,7-8,20H2. The average molecular weight is 316 g/mol. The fraction of sp³-hybridized carbons (Fsp3) is 0.200. The van der Waals surface area contributed by atoms with E-state index in [4.69, 9.17) is 22.1 Å². The van der Waals surface area contributed by atoms with Crippen LogP contribution in [0.25, 0.3) is 0 Å². The molecule has 2 rings (SSSR count). The quantitative estimate of drug-likeness (QED) is 0.891. The molecule has 0 amide bonds. The van der Waals surface area contributed by atoms with Crippen molar-refractivity contribution in [3.63, 3.8) is 0 Å². The summed E-state index contributed by atoms with van der Waals surface area (Å²) in [5.41, 5.74) is 5.50. The van der Waals surface area contributed by atoms with Gasteiger partial charge in [0, 0.05) is 0 Å². The molecule has 2 aromatic rings. The first-order chi connectivity index (χ1) is 9.91. The van der Waals surface area contributed by atoms with Crippen molar-refractivity contribution < 1.29 is 17.9 Å². The van der Waals surface area contributed by atoms with Crippen LogP contribution in [0.5, 0.6) is 11.5 Å². The van der Waals surface area contributed by atoms with Crippen LogP contribution in [0.1, 0.15) is 11.1 Å². The minimum Gasteiger partial charge on any atom is -0.455 e. The monoisotopic (exact) mass is 315 g/mol. The molecule has 21 heavy (non-hydrogen) atoms. The van der Waals surface area contributed by atoms with Crippen LogP contribution in [0, 0.1) is 0 Å². The molecule has 0 saturated carbocycles. The maximum atomic E-state index is 12.9. The van der Waals surface area contributed by atoms with E-state index in [1.807, 2.05) is 0 Å². The van der Waals surface area contributed by atoms with Gasteiger partial charge in [-0.25, -0.2) is 0 Å². The number of rotatable bonds is 4. The number of nitrogens with two attached hydrogens (primary N) is 1. The Labute approximate surface area is 125 Å². The summed E-state index contributed by atoms with van der Waals surface area (Å²) in [5, 5.41) is 0.248. The SMILES string of the molecule is NCCc1ccc(Oc2ccccc2C(F)(F)F)c(Cl)c1. The Hall–Kier alpha value is -1.72. The lowest BCUT2D eigenvalue weighted by Gasteiger charge is -2.14. The molecule has 0 aromatic heterocycles. The van der Waals surface area contributed by atoms with Crippen LogP contribution in [0.15, 0.2) is 42.5 Å². The number of hydrogen-bond donors (Lipinski definition) is 1. The molecule has 0 spiro atoms. The second-order valence-electron chi connectivity index (χ2n) is 4.40. The molecule has 0 aliphatic carbocycles. The van der Waals surface area contributed by atoms with Crippen molar-refractivity contribution in [3.8, 4) is 11.5 Å². The Balaban J connectivity index is 2.31. The number of halogens is 4. The highest BCUT2D eigenvalue weighted by atomic mass is 35.5. The fourth-order valence-corrected chi connectivity index (χ4v) is 2.10. The number of hydrogen-bond acceptors (Lipinski definition) is 2. The molecule has 6 heteroatoms. The zero-order valence-electron chi connectivity index (χ0n) is 11.0. The van der Waals surface area contributed by atoms with E-state index in [0.29, 0.717) is 13.0 Å². The van der Waals surface area contributed by atoms with Crippen molar-refractivity contribution in [2.75, 3.05) is 6.54 Å². The minimum absolute atomic E-state index is 0.175. The second kappa shape index (κ2) is 6.37. The highest BCUT2D eigenvalue weighted by molar-refractivity contribution is 6.32. The molecule has 0 heterocycles. The number of para-hydroxylation sites is 1. The van der Waals surface area contributed by atoms with Crippen LogP contribution in [0.3, 0.4) is 0 Å². The van der Waals surface area contributed by atoms with Crippen LogP contribution in [0.4, 0.5) is 13.2 Å². The molecular weight excluding hydrogens is 303 g/mol. The summed E-state index contributed by atoms with van der Waals surface area (Å²) < 4.78 is 44.0. The number of alkyl halides is 3. The van der Waals surface area contributed by atoms with Gasteiger partial charge in [-0.05, 0) is 42.8 Å². The van der Waals surface area contributed by atoms with Crippen LogP contribution in [0.2, 0.25) is 5.02 Å². The Morgan fingerprint density at radius 1 is 1.05 bits per heavy atom.